The van der Waals surface area contributed by atoms with Gasteiger partial charge >= 0.3 is 11.9 Å². The van der Waals surface area contributed by atoms with E-state index >= 15 is 0 Å². The number of ether oxygens (including phenoxy) is 3. The van der Waals surface area contributed by atoms with Gasteiger partial charge in [0.15, 0.2) is 0 Å². The molecule has 1 N–H and O–H groups in total. The average molecular weight is 507 g/mol. The summed E-state index contributed by atoms with van der Waals surface area (Å²) in [5.41, 5.74) is 1.53. The van der Waals surface area contributed by atoms with Crippen molar-refractivity contribution >= 4 is 23.8 Å². The second kappa shape index (κ2) is 11.6. The van der Waals surface area contributed by atoms with Gasteiger partial charge in [-0.05, 0) is 64.2 Å². The van der Waals surface area contributed by atoms with Gasteiger partial charge < -0.3 is 19.3 Å². The van der Waals surface area contributed by atoms with Crippen molar-refractivity contribution in [3.63, 3.8) is 0 Å². The smallest absolute Gasteiger partial charge is 0.342 e. The summed E-state index contributed by atoms with van der Waals surface area (Å²) in [6.07, 6.45) is 6.53. The zero-order valence-corrected chi connectivity index (χ0v) is 21.6. The Hall–Kier alpha value is -3.61. The zero-order chi connectivity index (χ0) is 26.5. The molecule has 0 radical (unpaired) electrons. The van der Waals surface area contributed by atoms with E-state index in [4.69, 9.17) is 14.2 Å². The third kappa shape index (κ3) is 6.21. The number of allylic oxidation sites excluding steroid dienone is 1. The van der Waals surface area contributed by atoms with E-state index in [0.717, 1.165) is 5.56 Å². The minimum absolute atomic E-state index is 0.00681. The van der Waals surface area contributed by atoms with E-state index in [2.05, 4.69) is 0 Å². The molecule has 4 rings (SSSR count). The standard InChI is InChI=1S/C30H34O7/c1-18(2)35-24-15-8-7-14-22(24)23-17-26(32)37-25-16-20-11-5-4-6-12-21(31)13-9-10-19(3)36-30(34)27(20)29(33)28(23)25/h5,7-8,11,14-16,18-19,23,33H,4,6,9-10,12-13,17H2,1-3H3/b11-5+. The molecule has 0 spiro atoms. The summed E-state index contributed by atoms with van der Waals surface area (Å²) in [6.45, 7) is 5.61. The van der Waals surface area contributed by atoms with Gasteiger partial charge in [0.2, 0.25) is 0 Å². The topological polar surface area (TPSA) is 99.1 Å². The van der Waals surface area contributed by atoms with Crippen LogP contribution >= 0.6 is 0 Å². The number of Topliss-reactive ketones (excluding diaryl/α,β-unsaturated/α-hetero) is 1. The number of para-hydroxylation sites is 1. The molecule has 0 saturated carbocycles. The third-order valence-corrected chi connectivity index (χ3v) is 6.64. The number of carbonyl (C=O) groups excluding carboxylic acids is 3. The van der Waals surface area contributed by atoms with Gasteiger partial charge in [-0.15, -0.1) is 0 Å². The van der Waals surface area contributed by atoms with Crippen molar-refractivity contribution in [2.24, 2.45) is 0 Å². The number of benzene rings is 2. The van der Waals surface area contributed by atoms with Gasteiger partial charge in [0.1, 0.15) is 28.6 Å². The molecule has 2 aromatic rings. The highest BCUT2D eigenvalue weighted by Crippen LogP contribution is 2.49. The molecule has 0 saturated heterocycles. The summed E-state index contributed by atoms with van der Waals surface area (Å²) in [5.74, 6) is -0.894. The lowest BCUT2D eigenvalue weighted by Crippen LogP contribution is -2.24. The van der Waals surface area contributed by atoms with Crippen molar-refractivity contribution in [1.29, 1.82) is 0 Å². The van der Waals surface area contributed by atoms with E-state index in [1.54, 1.807) is 19.1 Å². The van der Waals surface area contributed by atoms with E-state index in [0.29, 0.717) is 55.4 Å². The van der Waals surface area contributed by atoms with Gasteiger partial charge in [0.25, 0.3) is 0 Å². The lowest BCUT2D eigenvalue weighted by Gasteiger charge is -2.29. The highest BCUT2D eigenvalue weighted by Gasteiger charge is 2.36. The molecule has 2 aliphatic heterocycles. The average Bonchev–Trinajstić information content (AvgIpc) is 2.82. The van der Waals surface area contributed by atoms with Crippen LogP contribution in [0, 0.1) is 0 Å². The molecule has 2 aromatic carbocycles. The van der Waals surface area contributed by atoms with Crippen LogP contribution in [0.4, 0.5) is 0 Å². The van der Waals surface area contributed by atoms with Crippen LogP contribution < -0.4 is 9.47 Å². The maximum absolute atomic E-state index is 13.4. The number of rotatable bonds is 3. The number of carbonyl (C=O) groups is 3. The maximum Gasteiger partial charge on any atom is 0.342 e. The number of phenols is 1. The van der Waals surface area contributed by atoms with Gasteiger partial charge in [0, 0.05) is 29.9 Å². The molecule has 0 fully saturated rings. The highest BCUT2D eigenvalue weighted by atomic mass is 16.5. The lowest BCUT2D eigenvalue weighted by molar-refractivity contribution is -0.135. The Balaban J connectivity index is 1.83. The first-order valence-electron chi connectivity index (χ1n) is 13.0. The largest absolute Gasteiger partial charge is 0.507 e. The van der Waals surface area contributed by atoms with E-state index in [1.165, 1.54) is 0 Å². The molecule has 7 nitrogen and oxygen atoms in total. The zero-order valence-electron chi connectivity index (χ0n) is 21.6. The van der Waals surface area contributed by atoms with Crippen molar-refractivity contribution < 1.29 is 33.7 Å². The molecule has 2 aliphatic rings. The van der Waals surface area contributed by atoms with Gasteiger partial charge in [-0.3, -0.25) is 9.59 Å². The number of phenolic OH excluding ortho intramolecular Hbond substituents is 1. The predicted molar refractivity (Wildman–Crippen MR) is 139 cm³/mol. The third-order valence-electron chi connectivity index (χ3n) is 6.64. The van der Waals surface area contributed by atoms with E-state index < -0.39 is 24.0 Å². The number of cyclic esters (lactones) is 1. The Morgan fingerprint density at radius 2 is 1.84 bits per heavy atom. The van der Waals surface area contributed by atoms with Gasteiger partial charge in [-0.2, -0.15) is 0 Å². The lowest BCUT2D eigenvalue weighted by atomic mass is 9.83. The monoisotopic (exact) mass is 506 g/mol. The molecule has 7 heteroatoms. The van der Waals surface area contributed by atoms with Crippen LogP contribution in [0.25, 0.3) is 6.08 Å². The minimum Gasteiger partial charge on any atom is -0.507 e. The SMILES string of the molecule is CC(C)Oc1ccccc1C1CC(=O)Oc2cc3c(c(O)c21)C(=O)OC(C)CCCC(=O)CCC/C=C/3. The molecule has 37 heavy (non-hydrogen) atoms. The van der Waals surface area contributed by atoms with Crippen molar-refractivity contribution in [3.05, 3.63) is 58.7 Å². The second-order valence-corrected chi connectivity index (χ2v) is 9.98. The molecule has 0 aromatic heterocycles. The number of fused-ring (bicyclic) bond motifs is 2. The fraction of sp³-hybridized carbons (Fsp3) is 0.433. The quantitative estimate of drug-likeness (QED) is 0.396. The molecule has 2 heterocycles. The Labute approximate surface area is 217 Å². The molecule has 2 unspecified atom stereocenters. The first kappa shape index (κ1) is 26.5. The Bertz CT molecular complexity index is 1210. The molecule has 2 atom stereocenters. The number of ketones is 1. The van der Waals surface area contributed by atoms with Crippen LogP contribution in [0.15, 0.2) is 36.4 Å². The van der Waals surface area contributed by atoms with Crippen molar-refractivity contribution in [1.82, 2.24) is 0 Å². The molecular weight excluding hydrogens is 472 g/mol. The summed E-state index contributed by atoms with van der Waals surface area (Å²) in [7, 11) is 0. The van der Waals surface area contributed by atoms with Crippen LogP contribution in [-0.4, -0.2) is 35.0 Å². The van der Waals surface area contributed by atoms with Crippen LogP contribution in [0.1, 0.15) is 98.7 Å². The second-order valence-electron chi connectivity index (χ2n) is 9.98. The summed E-state index contributed by atoms with van der Waals surface area (Å²) in [5, 5.41) is 11.6. The Morgan fingerprint density at radius 3 is 2.62 bits per heavy atom. The summed E-state index contributed by atoms with van der Waals surface area (Å²) < 4.78 is 17.2. The fourth-order valence-corrected chi connectivity index (χ4v) is 4.91. The van der Waals surface area contributed by atoms with Crippen LogP contribution in [0.2, 0.25) is 0 Å². The summed E-state index contributed by atoms with van der Waals surface area (Å²) in [6, 6.07) is 9.00. The maximum atomic E-state index is 13.4. The first-order valence-corrected chi connectivity index (χ1v) is 13.0. The van der Waals surface area contributed by atoms with Gasteiger partial charge in [-0.25, -0.2) is 4.79 Å². The molecule has 0 aliphatic carbocycles. The number of hydrogen-bond donors (Lipinski definition) is 1. The van der Waals surface area contributed by atoms with Gasteiger partial charge in [-0.1, -0.05) is 30.4 Å². The van der Waals surface area contributed by atoms with Crippen molar-refractivity contribution in [2.75, 3.05) is 0 Å². The van der Waals surface area contributed by atoms with Gasteiger partial charge in [0.05, 0.1) is 18.6 Å². The van der Waals surface area contributed by atoms with Crippen LogP contribution in [-0.2, 0) is 14.3 Å². The number of esters is 2. The van der Waals surface area contributed by atoms with E-state index in [1.807, 2.05) is 44.2 Å². The fourth-order valence-electron chi connectivity index (χ4n) is 4.91. The Morgan fingerprint density at radius 1 is 1.08 bits per heavy atom. The summed E-state index contributed by atoms with van der Waals surface area (Å²) in [4.78, 5) is 38.1. The van der Waals surface area contributed by atoms with E-state index in [-0.39, 0.29) is 35.4 Å². The predicted octanol–water partition coefficient (Wildman–Crippen LogP) is 6.10. The highest BCUT2D eigenvalue weighted by molar-refractivity contribution is 5.98. The summed E-state index contributed by atoms with van der Waals surface area (Å²) >= 11 is 0. The molecule has 0 amide bonds. The number of hydrogen-bond acceptors (Lipinski definition) is 7. The van der Waals surface area contributed by atoms with Crippen molar-refractivity contribution in [3.8, 4) is 17.2 Å². The molecular formula is C30H34O7. The van der Waals surface area contributed by atoms with Crippen LogP contribution in [0.3, 0.4) is 0 Å². The number of aromatic hydroxyl groups is 1. The molecule has 0 bridgehead atoms. The Kier molecular flexibility index (Phi) is 8.31. The normalized spacial score (nSPS) is 21.8. The van der Waals surface area contributed by atoms with Crippen LogP contribution in [0.5, 0.6) is 17.2 Å². The molecule has 196 valence electrons. The van der Waals surface area contributed by atoms with E-state index in [9.17, 15) is 19.5 Å². The van der Waals surface area contributed by atoms with Crippen molar-refractivity contribution in [2.45, 2.75) is 83.8 Å². The first-order chi connectivity index (χ1) is 17.7. The minimum atomic E-state index is -0.654.